The van der Waals surface area contributed by atoms with Crippen LogP contribution in [0.5, 0.6) is 0 Å². The molecule has 2 unspecified atom stereocenters. The number of fused-ring (bicyclic) bond motifs is 3. The minimum Gasteiger partial charge on any atom is -0.348 e. The lowest BCUT2D eigenvalue weighted by atomic mass is 9.90. The van der Waals surface area contributed by atoms with Crippen LogP contribution in [0.4, 0.5) is 0 Å². The van der Waals surface area contributed by atoms with Gasteiger partial charge in [-0.15, -0.1) is 0 Å². The standard InChI is InChI=1S/C20H20N2O2/c21-16-10-3-4-11-17(16)22-20(24)15-9-5-8-14-18(15)12-6-1-2-7-13(12)19(14)23/h1-2,5-9,16-17H,3-4,10-11,21H2,(H,22,24). The Morgan fingerprint density at radius 2 is 1.67 bits per heavy atom. The minimum atomic E-state index is -0.140. The number of benzene rings is 2. The van der Waals surface area contributed by atoms with Crippen LogP contribution in [0.25, 0.3) is 11.1 Å². The summed E-state index contributed by atoms with van der Waals surface area (Å²) in [5.74, 6) is -0.150. The number of nitrogens with two attached hydrogens (primary N) is 1. The molecule has 4 rings (SSSR count). The molecule has 3 N–H and O–H groups in total. The average Bonchev–Trinajstić information content (AvgIpc) is 2.90. The fraction of sp³-hybridized carbons (Fsp3) is 0.300. The van der Waals surface area contributed by atoms with Gasteiger partial charge in [0, 0.05) is 34.3 Å². The number of hydrogen-bond donors (Lipinski definition) is 2. The normalized spacial score (nSPS) is 22.0. The molecule has 0 aliphatic heterocycles. The van der Waals surface area contributed by atoms with Crippen LogP contribution in [-0.2, 0) is 0 Å². The van der Waals surface area contributed by atoms with Crippen molar-refractivity contribution in [3.05, 3.63) is 59.2 Å². The van der Waals surface area contributed by atoms with Gasteiger partial charge in [-0.25, -0.2) is 0 Å². The van der Waals surface area contributed by atoms with Crippen molar-refractivity contribution in [2.45, 2.75) is 37.8 Å². The molecule has 0 saturated heterocycles. The summed E-state index contributed by atoms with van der Waals surface area (Å²) in [5, 5.41) is 3.09. The lowest BCUT2D eigenvalue weighted by Crippen LogP contribution is -2.49. The number of amides is 1. The van der Waals surface area contributed by atoms with Crippen molar-refractivity contribution in [2.75, 3.05) is 0 Å². The molecular weight excluding hydrogens is 300 g/mol. The second-order valence-corrected chi connectivity index (χ2v) is 6.63. The van der Waals surface area contributed by atoms with E-state index in [0.717, 1.165) is 36.8 Å². The molecule has 1 fully saturated rings. The van der Waals surface area contributed by atoms with Crippen LogP contribution in [0.2, 0.25) is 0 Å². The maximum atomic E-state index is 12.9. The van der Waals surface area contributed by atoms with Crippen LogP contribution in [0.15, 0.2) is 42.5 Å². The Balaban J connectivity index is 1.71. The van der Waals surface area contributed by atoms with Crippen LogP contribution in [-0.4, -0.2) is 23.8 Å². The Morgan fingerprint density at radius 3 is 2.46 bits per heavy atom. The van der Waals surface area contributed by atoms with Gasteiger partial charge in [0.25, 0.3) is 5.91 Å². The predicted octanol–water partition coefficient (Wildman–Crippen LogP) is 2.90. The van der Waals surface area contributed by atoms with E-state index in [1.54, 1.807) is 18.2 Å². The summed E-state index contributed by atoms with van der Waals surface area (Å²) < 4.78 is 0. The fourth-order valence-corrected chi connectivity index (χ4v) is 3.85. The predicted molar refractivity (Wildman–Crippen MR) is 93.0 cm³/mol. The molecule has 2 aliphatic carbocycles. The summed E-state index contributed by atoms with van der Waals surface area (Å²) in [5.41, 5.74) is 9.58. The quantitative estimate of drug-likeness (QED) is 0.762. The van der Waals surface area contributed by atoms with Crippen LogP contribution < -0.4 is 11.1 Å². The molecular formula is C20H20N2O2. The largest absolute Gasteiger partial charge is 0.348 e. The zero-order valence-electron chi connectivity index (χ0n) is 13.4. The number of carbonyl (C=O) groups excluding carboxylic acids is 2. The molecule has 4 heteroatoms. The first-order valence-corrected chi connectivity index (χ1v) is 8.50. The Labute approximate surface area is 141 Å². The molecule has 24 heavy (non-hydrogen) atoms. The molecule has 0 bridgehead atoms. The molecule has 1 amide bonds. The summed E-state index contributed by atoms with van der Waals surface area (Å²) in [6, 6.07) is 12.8. The number of nitrogens with one attached hydrogen (secondary N) is 1. The highest BCUT2D eigenvalue weighted by Crippen LogP contribution is 2.38. The van der Waals surface area contributed by atoms with Gasteiger partial charge in [0.15, 0.2) is 5.78 Å². The first-order chi connectivity index (χ1) is 11.7. The SMILES string of the molecule is NC1CCCCC1NC(=O)c1cccc2c1-c1ccccc1C2=O. The van der Waals surface area contributed by atoms with Gasteiger partial charge in [-0.3, -0.25) is 9.59 Å². The molecule has 4 nitrogen and oxygen atoms in total. The second-order valence-electron chi connectivity index (χ2n) is 6.63. The van der Waals surface area contributed by atoms with Gasteiger partial charge in [0.05, 0.1) is 0 Å². The smallest absolute Gasteiger partial charge is 0.252 e. The molecule has 2 atom stereocenters. The van der Waals surface area contributed by atoms with Crippen molar-refractivity contribution in [2.24, 2.45) is 5.73 Å². The summed E-state index contributed by atoms with van der Waals surface area (Å²) in [4.78, 5) is 25.4. The van der Waals surface area contributed by atoms with Gasteiger partial charge in [-0.05, 0) is 24.5 Å². The third-order valence-electron chi connectivity index (χ3n) is 5.13. The topological polar surface area (TPSA) is 72.2 Å². The van der Waals surface area contributed by atoms with Crippen molar-refractivity contribution in [1.29, 1.82) is 0 Å². The van der Waals surface area contributed by atoms with Crippen LogP contribution >= 0.6 is 0 Å². The Hall–Kier alpha value is -2.46. The van der Waals surface area contributed by atoms with Gasteiger partial charge >= 0.3 is 0 Å². The summed E-state index contributed by atoms with van der Waals surface area (Å²) in [6.45, 7) is 0. The second kappa shape index (κ2) is 5.87. The van der Waals surface area contributed by atoms with Gasteiger partial charge < -0.3 is 11.1 Å². The van der Waals surface area contributed by atoms with Gasteiger partial charge in [0.1, 0.15) is 0 Å². The minimum absolute atomic E-state index is 0.00776. The third-order valence-corrected chi connectivity index (χ3v) is 5.13. The van der Waals surface area contributed by atoms with E-state index in [9.17, 15) is 9.59 Å². The lowest BCUT2D eigenvalue weighted by Gasteiger charge is -2.29. The van der Waals surface area contributed by atoms with Gasteiger partial charge in [0.2, 0.25) is 0 Å². The van der Waals surface area contributed by atoms with E-state index in [-0.39, 0.29) is 23.8 Å². The fourth-order valence-electron chi connectivity index (χ4n) is 3.85. The number of carbonyl (C=O) groups is 2. The van der Waals surface area contributed by atoms with E-state index < -0.39 is 0 Å². The Kier molecular flexibility index (Phi) is 3.69. The number of hydrogen-bond acceptors (Lipinski definition) is 3. The average molecular weight is 320 g/mol. The third kappa shape index (κ3) is 2.34. The van der Waals surface area contributed by atoms with E-state index in [1.165, 1.54) is 0 Å². The summed E-state index contributed by atoms with van der Waals surface area (Å²) >= 11 is 0. The molecule has 2 aromatic carbocycles. The molecule has 0 radical (unpaired) electrons. The Bertz CT molecular complexity index is 828. The monoisotopic (exact) mass is 320 g/mol. The molecule has 2 aromatic rings. The van der Waals surface area contributed by atoms with E-state index >= 15 is 0 Å². The molecule has 122 valence electrons. The zero-order valence-corrected chi connectivity index (χ0v) is 13.4. The molecule has 0 spiro atoms. The molecule has 2 aliphatic rings. The van der Waals surface area contributed by atoms with E-state index in [4.69, 9.17) is 5.73 Å². The van der Waals surface area contributed by atoms with Crippen LogP contribution in [0, 0.1) is 0 Å². The Morgan fingerprint density at radius 1 is 0.958 bits per heavy atom. The van der Waals surface area contributed by atoms with Crippen molar-refractivity contribution in [3.8, 4) is 11.1 Å². The van der Waals surface area contributed by atoms with Crippen LogP contribution in [0.3, 0.4) is 0 Å². The first kappa shape index (κ1) is 15.1. The van der Waals surface area contributed by atoms with E-state index in [1.807, 2.05) is 24.3 Å². The van der Waals surface area contributed by atoms with Crippen molar-refractivity contribution in [3.63, 3.8) is 0 Å². The maximum Gasteiger partial charge on any atom is 0.252 e. The zero-order chi connectivity index (χ0) is 16.7. The van der Waals surface area contributed by atoms with Crippen molar-refractivity contribution >= 4 is 11.7 Å². The molecule has 1 saturated carbocycles. The van der Waals surface area contributed by atoms with Crippen molar-refractivity contribution in [1.82, 2.24) is 5.32 Å². The lowest BCUT2D eigenvalue weighted by molar-refractivity contribution is 0.0922. The maximum absolute atomic E-state index is 12.9. The van der Waals surface area contributed by atoms with Gasteiger partial charge in [-0.2, -0.15) is 0 Å². The highest BCUT2D eigenvalue weighted by molar-refractivity contribution is 6.24. The summed E-state index contributed by atoms with van der Waals surface area (Å²) in [7, 11) is 0. The van der Waals surface area contributed by atoms with E-state index in [2.05, 4.69) is 5.32 Å². The number of rotatable bonds is 2. The number of ketones is 1. The van der Waals surface area contributed by atoms with Gasteiger partial charge in [-0.1, -0.05) is 49.2 Å². The molecule has 0 aromatic heterocycles. The van der Waals surface area contributed by atoms with Crippen molar-refractivity contribution < 1.29 is 9.59 Å². The van der Waals surface area contributed by atoms with E-state index in [0.29, 0.717) is 16.7 Å². The van der Waals surface area contributed by atoms with Crippen LogP contribution in [0.1, 0.15) is 52.0 Å². The highest BCUT2D eigenvalue weighted by atomic mass is 16.1. The summed E-state index contributed by atoms with van der Waals surface area (Å²) in [6.07, 6.45) is 4.07. The first-order valence-electron chi connectivity index (χ1n) is 8.50. The highest BCUT2D eigenvalue weighted by Gasteiger charge is 2.31. The molecule has 0 heterocycles.